The van der Waals surface area contributed by atoms with Crippen LogP contribution < -0.4 is 0 Å². The van der Waals surface area contributed by atoms with Crippen LogP contribution in [0.5, 0.6) is 0 Å². The van der Waals surface area contributed by atoms with Crippen LogP contribution in [0.3, 0.4) is 0 Å². The summed E-state index contributed by atoms with van der Waals surface area (Å²) in [6.45, 7) is 13.7. The quantitative estimate of drug-likeness (QED) is 0.635. The SMILES string of the molecule is CC(C)/C=C(/c1ccc(C(=O)O)cc1)c1ccc2c(c1)C(C)(C)CCC2(C)C. The molecule has 148 valence electrons. The number of allylic oxidation sites excluding steroid dienone is 1. The van der Waals surface area contributed by atoms with Crippen molar-refractivity contribution in [1.82, 2.24) is 0 Å². The predicted octanol–water partition coefficient (Wildman–Crippen LogP) is 6.82. The zero-order valence-electron chi connectivity index (χ0n) is 18.0. The fourth-order valence-corrected chi connectivity index (χ4v) is 4.24. The molecule has 1 aliphatic rings. The number of fused-ring (bicyclic) bond motifs is 1. The molecule has 0 fully saturated rings. The lowest BCUT2D eigenvalue weighted by atomic mass is 9.63. The second kappa shape index (κ2) is 7.24. The molecule has 0 spiro atoms. The number of rotatable bonds is 4. The monoisotopic (exact) mass is 376 g/mol. The normalized spacial score (nSPS) is 18.0. The van der Waals surface area contributed by atoms with E-state index in [9.17, 15) is 9.90 Å². The van der Waals surface area contributed by atoms with E-state index < -0.39 is 5.97 Å². The molecule has 0 radical (unpaired) electrons. The van der Waals surface area contributed by atoms with Crippen LogP contribution in [0.2, 0.25) is 0 Å². The van der Waals surface area contributed by atoms with Gasteiger partial charge >= 0.3 is 5.97 Å². The molecule has 2 aromatic rings. The summed E-state index contributed by atoms with van der Waals surface area (Å²) in [5.41, 5.74) is 7.03. The molecule has 2 nitrogen and oxygen atoms in total. The number of aromatic carboxylic acids is 1. The average Bonchev–Trinajstić information content (AvgIpc) is 2.63. The van der Waals surface area contributed by atoms with E-state index in [1.807, 2.05) is 12.1 Å². The van der Waals surface area contributed by atoms with Crippen LogP contribution in [0, 0.1) is 5.92 Å². The van der Waals surface area contributed by atoms with Gasteiger partial charge in [-0.2, -0.15) is 0 Å². The molecular weight excluding hydrogens is 344 g/mol. The van der Waals surface area contributed by atoms with E-state index in [0.717, 1.165) is 5.56 Å². The van der Waals surface area contributed by atoms with Crippen molar-refractivity contribution in [2.45, 2.75) is 65.2 Å². The number of hydrogen-bond donors (Lipinski definition) is 1. The third-order valence-electron chi connectivity index (χ3n) is 6.11. The molecule has 0 unspecified atom stereocenters. The Morgan fingerprint density at radius 2 is 1.36 bits per heavy atom. The third kappa shape index (κ3) is 3.92. The predicted molar refractivity (Wildman–Crippen MR) is 117 cm³/mol. The van der Waals surface area contributed by atoms with Crippen LogP contribution in [0.1, 0.15) is 87.0 Å². The average molecular weight is 377 g/mol. The highest BCUT2D eigenvalue weighted by molar-refractivity contribution is 5.89. The van der Waals surface area contributed by atoms with Crippen molar-refractivity contribution in [2.24, 2.45) is 5.92 Å². The molecule has 0 saturated carbocycles. The maximum atomic E-state index is 11.2. The largest absolute Gasteiger partial charge is 0.478 e. The Labute approximate surface area is 169 Å². The van der Waals surface area contributed by atoms with E-state index in [1.54, 1.807) is 12.1 Å². The Kier molecular flexibility index (Phi) is 5.27. The molecule has 0 aromatic heterocycles. The topological polar surface area (TPSA) is 37.3 Å². The van der Waals surface area contributed by atoms with Gasteiger partial charge < -0.3 is 5.11 Å². The second-order valence-corrected chi connectivity index (χ2v) is 9.73. The first-order chi connectivity index (χ1) is 13.0. The Balaban J connectivity index is 2.14. The summed E-state index contributed by atoms with van der Waals surface area (Å²) in [6.07, 6.45) is 4.67. The molecule has 0 heterocycles. The van der Waals surface area contributed by atoms with Crippen LogP contribution in [0.4, 0.5) is 0 Å². The van der Waals surface area contributed by atoms with E-state index in [-0.39, 0.29) is 10.8 Å². The lowest BCUT2D eigenvalue weighted by molar-refractivity contribution is 0.0697. The van der Waals surface area contributed by atoms with Gasteiger partial charge in [0.15, 0.2) is 0 Å². The number of carboxylic acids is 1. The van der Waals surface area contributed by atoms with Crippen molar-refractivity contribution >= 4 is 11.5 Å². The Morgan fingerprint density at radius 1 is 0.857 bits per heavy atom. The molecule has 0 bridgehead atoms. The van der Waals surface area contributed by atoms with Gasteiger partial charge in [0.05, 0.1) is 5.56 Å². The number of benzene rings is 2. The first kappa shape index (κ1) is 20.4. The molecule has 1 N–H and O–H groups in total. The second-order valence-electron chi connectivity index (χ2n) is 9.73. The van der Waals surface area contributed by atoms with Gasteiger partial charge in [0.1, 0.15) is 0 Å². The van der Waals surface area contributed by atoms with E-state index in [1.165, 1.54) is 35.1 Å². The van der Waals surface area contributed by atoms with Crippen LogP contribution >= 0.6 is 0 Å². The summed E-state index contributed by atoms with van der Waals surface area (Å²) >= 11 is 0. The van der Waals surface area contributed by atoms with Crippen LogP contribution in [0.15, 0.2) is 48.5 Å². The summed E-state index contributed by atoms with van der Waals surface area (Å²) in [4.78, 5) is 11.2. The lowest BCUT2D eigenvalue weighted by Crippen LogP contribution is -2.33. The van der Waals surface area contributed by atoms with Crippen molar-refractivity contribution in [3.8, 4) is 0 Å². The third-order valence-corrected chi connectivity index (χ3v) is 6.11. The van der Waals surface area contributed by atoms with Gasteiger partial charge in [-0.1, -0.05) is 78.0 Å². The molecular formula is C26H32O2. The Morgan fingerprint density at radius 3 is 1.89 bits per heavy atom. The van der Waals surface area contributed by atoms with Gasteiger partial charge in [0, 0.05) is 0 Å². The van der Waals surface area contributed by atoms with Gasteiger partial charge in [0.25, 0.3) is 0 Å². The van der Waals surface area contributed by atoms with Crippen molar-refractivity contribution in [1.29, 1.82) is 0 Å². The van der Waals surface area contributed by atoms with Gasteiger partial charge in [-0.05, 0) is 69.5 Å². The summed E-state index contributed by atoms with van der Waals surface area (Å²) in [7, 11) is 0. The summed E-state index contributed by atoms with van der Waals surface area (Å²) in [6, 6.07) is 14.1. The van der Waals surface area contributed by atoms with Crippen molar-refractivity contribution in [2.75, 3.05) is 0 Å². The van der Waals surface area contributed by atoms with Crippen molar-refractivity contribution in [3.05, 3.63) is 76.4 Å². The summed E-state index contributed by atoms with van der Waals surface area (Å²) < 4.78 is 0. The molecule has 2 aromatic carbocycles. The van der Waals surface area contributed by atoms with E-state index in [0.29, 0.717) is 11.5 Å². The van der Waals surface area contributed by atoms with Crippen LogP contribution in [-0.4, -0.2) is 11.1 Å². The molecule has 2 heteroatoms. The minimum Gasteiger partial charge on any atom is -0.478 e. The molecule has 1 aliphatic carbocycles. The fraction of sp³-hybridized carbons (Fsp3) is 0.423. The smallest absolute Gasteiger partial charge is 0.335 e. The van der Waals surface area contributed by atoms with Gasteiger partial charge in [-0.15, -0.1) is 0 Å². The summed E-state index contributed by atoms with van der Waals surface area (Å²) in [5.74, 6) is -0.492. The maximum Gasteiger partial charge on any atom is 0.335 e. The zero-order valence-corrected chi connectivity index (χ0v) is 18.0. The van der Waals surface area contributed by atoms with Gasteiger partial charge in [-0.25, -0.2) is 4.79 Å². The molecule has 3 rings (SSSR count). The molecule has 0 amide bonds. The maximum absolute atomic E-state index is 11.2. The highest BCUT2D eigenvalue weighted by Crippen LogP contribution is 2.46. The zero-order chi connectivity index (χ0) is 20.7. The number of hydrogen-bond acceptors (Lipinski definition) is 1. The molecule has 0 aliphatic heterocycles. The van der Waals surface area contributed by atoms with E-state index in [2.05, 4.69) is 65.8 Å². The highest BCUT2D eigenvalue weighted by Gasteiger charge is 2.37. The van der Waals surface area contributed by atoms with Crippen LogP contribution in [-0.2, 0) is 10.8 Å². The number of carboxylic acid groups (broad SMARTS) is 1. The first-order valence-corrected chi connectivity index (χ1v) is 10.2. The molecule has 28 heavy (non-hydrogen) atoms. The minimum absolute atomic E-state index is 0.164. The van der Waals surface area contributed by atoms with Gasteiger partial charge in [0.2, 0.25) is 0 Å². The fourth-order valence-electron chi connectivity index (χ4n) is 4.24. The van der Waals surface area contributed by atoms with Crippen molar-refractivity contribution in [3.63, 3.8) is 0 Å². The standard InChI is InChI=1S/C26H32O2/c1-17(2)15-21(18-7-9-19(10-8-18)24(27)28)20-11-12-22-23(16-20)26(5,6)14-13-25(22,3)4/h7-12,15-17H,13-14H2,1-6H3,(H,27,28)/b21-15-. The Bertz CT molecular complexity index is 912. The molecule has 0 atom stereocenters. The first-order valence-electron chi connectivity index (χ1n) is 10.2. The Hall–Kier alpha value is -2.35. The van der Waals surface area contributed by atoms with Gasteiger partial charge in [-0.3, -0.25) is 0 Å². The van der Waals surface area contributed by atoms with E-state index in [4.69, 9.17) is 0 Å². The van der Waals surface area contributed by atoms with E-state index >= 15 is 0 Å². The lowest BCUT2D eigenvalue weighted by Gasteiger charge is -2.42. The molecule has 0 saturated heterocycles. The number of carbonyl (C=O) groups is 1. The summed E-state index contributed by atoms with van der Waals surface area (Å²) in [5, 5.41) is 9.20. The highest BCUT2D eigenvalue weighted by atomic mass is 16.4. The van der Waals surface area contributed by atoms with Crippen LogP contribution in [0.25, 0.3) is 5.57 Å². The van der Waals surface area contributed by atoms with Crippen molar-refractivity contribution < 1.29 is 9.90 Å². The minimum atomic E-state index is -0.890.